The van der Waals surface area contributed by atoms with Gasteiger partial charge in [0.25, 0.3) is 0 Å². The Morgan fingerprint density at radius 2 is 1.82 bits per heavy atom. The lowest BCUT2D eigenvalue weighted by Crippen LogP contribution is -2.52. The summed E-state index contributed by atoms with van der Waals surface area (Å²) in [6, 6.07) is 16.9. The molecular formula is C28H38BrN3O2. The minimum atomic E-state index is 0.0769. The summed E-state index contributed by atoms with van der Waals surface area (Å²) in [5.74, 6) is 1.67. The molecule has 0 bridgehead atoms. The summed E-state index contributed by atoms with van der Waals surface area (Å²) in [5, 5.41) is 3.24. The summed E-state index contributed by atoms with van der Waals surface area (Å²) in [6.45, 7) is 9.01. The zero-order chi connectivity index (χ0) is 23.9. The number of benzene rings is 2. The van der Waals surface area contributed by atoms with E-state index in [9.17, 15) is 4.79 Å². The number of nitrogens with one attached hydrogen (secondary N) is 1. The third-order valence-electron chi connectivity index (χ3n) is 6.98. The minimum absolute atomic E-state index is 0.0769. The summed E-state index contributed by atoms with van der Waals surface area (Å²) in [4.78, 5) is 17.1. The van der Waals surface area contributed by atoms with Gasteiger partial charge in [0.2, 0.25) is 0 Å². The molecule has 5 nitrogen and oxygen atoms in total. The maximum atomic E-state index is 12.6. The maximum absolute atomic E-state index is 12.6. The first kappa shape index (κ1) is 25.1. The number of halogens is 1. The van der Waals surface area contributed by atoms with Gasteiger partial charge in [-0.2, -0.15) is 0 Å². The molecule has 0 saturated carbocycles. The molecule has 6 heteroatoms. The van der Waals surface area contributed by atoms with Crippen LogP contribution in [0.4, 0.5) is 4.79 Å². The first-order valence-electron chi connectivity index (χ1n) is 12.7. The zero-order valence-electron chi connectivity index (χ0n) is 20.5. The molecule has 2 saturated heterocycles. The van der Waals surface area contributed by atoms with Crippen LogP contribution < -0.4 is 10.1 Å². The summed E-state index contributed by atoms with van der Waals surface area (Å²) in [7, 11) is 0. The molecule has 0 radical (unpaired) electrons. The van der Waals surface area contributed by atoms with Crippen LogP contribution in [0.15, 0.2) is 53.0 Å². The van der Waals surface area contributed by atoms with Crippen molar-refractivity contribution in [2.24, 2.45) is 5.92 Å². The van der Waals surface area contributed by atoms with E-state index in [1.165, 1.54) is 28.4 Å². The van der Waals surface area contributed by atoms with Gasteiger partial charge in [-0.1, -0.05) is 46.3 Å². The van der Waals surface area contributed by atoms with Gasteiger partial charge in [0, 0.05) is 30.1 Å². The molecule has 34 heavy (non-hydrogen) atoms. The van der Waals surface area contributed by atoms with Crippen molar-refractivity contribution < 1.29 is 9.53 Å². The number of ether oxygens (including phenoxy) is 1. The van der Waals surface area contributed by atoms with E-state index in [0.717, 1.165) is 51.2 Å². The fraction of sp³-hybridized carbons (Fsp3) is 0.536. The van der Waals surface area contributed by atoms with Crippen LogP contribution in [0.2, 0.25) is 0 Å². The Hall–Kier alpha value is -2.05. The van der Waals surface area contributed by atoms with E-state index in [1.807, 2.05) is 29.2 Å². The average Bonchev–Trinajstić information content (AvgIpc) is 2.83. The number of hydrogen-bond donors (Lipinski definition) is 1. The number of amides is 2. The Morgan fingerprint density at radius 1 is 1.06 bits per heavy atom. The number of likely N-dealkylation sites (tertiary alicyclic amines) is 1. The summed E-state index contributed by atoms with van der Waals surface area (Å²) < 4.78 is 7.07. The third-order valence-corrected chi connectivity index (χ3v) is 7.75. The van der Waals surface area contributed by atoms with Crippen LogP contribution in [0.5, 0.6) is 5.75 Å². The predicted octanol–water partition coefficient (Wildman–Crippen LogP) is 5.87. The van der Waals surface area contributed by atoms with E-state index in [0.29, 0.717) is 12.5 Å². The van der Waals surface area contributed by atoms with Crippen LogP contribution in [0, 0.1) is 5.92 Å². The number of piperidine rings is 1. The Morgan fingerprint density at radius 3 is 2.53 bits per heavy atom. The van der Waals surface area contributed by atoms with Gasteiger partial charge in [-0.05, 0) is 94.3 Å². The van der Waals surface area contributed by atoms with Gasteiger partial charge in [-0.15, -0.1) is 0 Å². The fourth-order valence-electron chi connectivity index (χ4n) is 5.04. The van der Waals surface area contributed by atoms with Crippen molar-refractivity contribution in [3.8, 4) is 5.75 Å². The topological polar surface area (TPSA) is 44.8 Å². The van der Waals surface area contributed by atoms with Gasteiger partial charge in [-0.25, -0.2) is 4.79 Å². The van der Waals surface area contributed by atoms with Gasteiger partial charge < -0.3 is 19.9 Å². The van der Waals surface area contributed by atoms with Gasteiger partial charge in [0.05, 0.1) is 6.10 Å². The molecule has 0 spiro atoms. The molecule has 0 aliphatic carbocycles. The summed E-state index contributed by atoms with van der Waals surface area (Å²) in [6.07, 6.45) is 5.80. The second-order valence-corrected chi connectivity index (χ2v) is 10.9. The molecule has 1 N–H and O–H groups in total. The molecule has 2 heterocycles. The van der Waals surface area contributed by atoms with Gasteiger partial charge >= 0.3 is 6.03 Å². The molecule has 2 aromatic rings. The van der Waals surface area contributed by atoms with Gasteiger partial charge in [0.1, 0.15) is 5.75 Å². The third kappa shape index (κ3) is 7.22. The molecule has 0 aromatic heterocycles. The summed E-state index contributed by atoms with van der Waals surface area (Å²) in [5.41, 5.74) is 2.53. The fourth-order valence-corrected chi connectivity index (χ4v) is 5.45. The van der Waals surface area contributed by atoms with Crippen molar-refractivity contribution in [2.75, 3.05) is 26.2 Å². The minimum Gasteiger partial charge on any atom is -0.491 e. The van der Waals surface area contributed by atoms with E-state index in [-0.39, 0.29) is 18.2 Å². The lowest BCUT2D eigenvalue weighted by Gasteiger charge is -2.36. The highest BCUT2D eigenvalue weighted by molar-refractivity contribution is 9.10. The standard InChI is InChI=1S/C28H38BrN3O2/c1-21(2)34-26-8-9-27(29)24(19-26)18-22-10-14-31(15-11-22)16-12-25-13-17-32(28(33)30-25)20-23-6-4-3-5-7-23/h3-9,19,21-22,25H,10-18,20H2,1-2H3,(H,30,33). The lowest BCUT2D eigenvalue weighted by atomic mass is 9.90. The molecule has 2 aliphatic rings. The van der Waals surface area contributed by atoms with Crippen LogP contribution in [0.3, 0.4) is 0 Å². The van der Waals surface area contributed by atoms with Crippen LogP contribution in [-0.2, 0) is 13.0 Å². The van der Waals surface area contributed by atoms with Crippen molar-refractivity contribution >= 4 is 22.0 Å². The van der Waals surface area contributed by atoms with E-state index >= 15 is 0 Å². The molecule has 2 fully saturated rings. The Bertz CT molecular complexity index is 929. The highest BCUT2D eigenvalue weighted by atomic mass is 79.9. The second kappa shape index (κ2) is 12.1. The molecule has 2 aromatic carbocycles. The maximum Gasteiger partial charge on any atom is 0.317 e. The smallest absolute Gasteiger partial charge is 0.317 e. The average molecular weight is 529 g/mol. The number of carbonyl (C=O) groups excluding carboxylic acids is 1. The highest BCUT2D eigenvalue weighted by Crippen LogP contribution is 2.29. The van der Waals surface area contributed by atoms with Crippen LogP contribution >= 0.6 is 15.9 Å². The molecule has 2 aliphatic heterocycles. The van der Waals surface area contributed by atoms with E-state index in [2.05, 4.69) is 64.3 Å². The van der Waals surface area contributed by atoms with Crippen molar-refractivity contribution in [1.29, 1.82) is 0 Å². The first-order chi connectivity index (χ1) is 16.5. The van der Waals surface area contributed by atoms with Crippen LogP contribution in [0.25, 0.3) is 0 Å². The van der Waals surface area contributed by atoms with Gasteiger partial charge in [-0.3, -0.25) is 0 Å². The molecule has 1 unspecified atom stereocenters. The Balaban J connectivity index is 1.17. The lowest BCUT2D eigenvalue weighted by molar-refractivity contribution is 0.153. The van der Waals surface area contributed by atoms with Gasteiger partial charge in [0.15, 0.2) is 0 Å². The van der Waals surface area contributed by atoms with Crippen LogP contribution in [-0.4, -0.2) is 54.2 Å². The number of hydrogen-bond acceptors (Lipinski definition) is 3. The normalized spacial score (nSPS) is 19.9. The van der Waals surface area contributed by atoms with Crippen molar-refractivity contribution in [1.82, 2.24) is 15.1 Å². The molecule has 1 atom stereocenters. The predicted molar refractivity (Wildman–Crippen MR) is 141 cm³/mol. The molecule has 4 rings (SSSR count). The van der Waals surface area contributed by atoms with Crippen LogP contribution in [0.1, 0.15) is 50.7 Å². The first-order valence-corrected chi connectivity index (χ1v) is 13.5. The summed E-state index contributed by atoms with van der Waals surface area (Å²) >= 11 is 3.73. The monoisotopic (exact) mass is 527 g/mol. The SMILES string of the molecule is CC(C)Oc1ccc(Br)c(CC2CCN(CCC3CCN(Cc4ccccc4)C(=O)N3)CC2)c1. The largest absolute Gasteiger partial charge is 0.491 e. The van der Waals surface area contributed by atoms with Crippen molar-refractivity contribution in [3.63, 3.8) is 0 Å². The quantitative estimate of drug-likeness (QED) is 0.443. The molecule has 2 amide bonds. The number of urea groups is 1. The number of nitrogens with zero attached hydrogens (tertiary/aromatic N) is 2. The molecular weight excluding hydrogens is 490 g/mol. The zero-order valence-corrected chi connectivity index (χ0v) is 22.1. The van der Waals surface area contributed by atoms with E-state index in [4.69, 9.17) is 4.74 Å². The Labute approximate surface area is 213 Å². The number of carbonyl (C=O) groups is 1. The molecule has 184 valence electrons. The Kier molecular flexibility index (Phi) is 8.90. The second-order valence-electron chi connectivity index (χ2n) is 10.0. The highest BCUT2D eigenvalue weighted by Gasteiger charge is 2.26. The van der Waals surface area contributed by atoms with Crippen molar-refractivity contribution in [2.45, 2.75) is 64.6 Å². The van der Waals surface area contributed by atoms with E-state index < -0.39 is 0 Å². The number of rotatable bonds is 9. The van der Waals surface area contributed by atoms with E-state index in [1.54, 1.807) is 0 Å². The van der Waals surface area contributed by atoms with Crippen molar-refractivity contribution in [3.05, 3.63) is 64.1 Å².